The van der Waals surface area contributed by atoms with E-state index in [1.165, 1.54) is 25.0 Å². The van der Waals surface area contributed by atoms with Gasteiger partial charge in [-0.05, 0) is 38.0 Å². The number of H-pyrrole nitrogens is 1. The molecular formula is C20H24F2N4O. The number of carbonyl (C=O) groups excluding carboxylic acids is 1. The summed E-state index contributed by atoms with van der Waals surface area (Å²) in [5, 5.41) is 10.5. The van der Waals surface area contributed by atoms with Crippen LogP contribution >= 0.6 is 0 Å². The van der Waals surface area contributed by atoms with E-state index < -0.39 is 11.6 Å². The standard InChI is InChI=1S/C20H24F2N4O/c1-12(20(27)23-14-4-2-3-5-14)26-9-8-18-15(11-26)19(25-24-18)13-6-7-16(21)17(22)10-13/h6-7,10,12,14H,2-5,8-9,11H2,1H3,(H,23,27)(H,24,25)/t12-/m0/s1. The fourth-order valence-corrected chi connectivity index (χ4v) is 4.09. The summed E-state index contributed by atoms with van der Waals surface area (Å²) in [5.41, 5.74) is 3.11. The molecule has 7 heteroatoms. The molecule has 27 heavy (non-hydrogen) atoms. The molecule has 1 aliphatic heterocycles. The number of benzene rings is 1. The lowest BCUT2D eigenvalue weighted by Crippen LogP contribution is -2.49. The molecule has 1 aromatic carbocycles. The molecule has 1 aromatic heterocycles. The van der Waals surface area contributed by atoms with Crippen molar-refractivity contribution < 1.29 is 13.6 Å². The first-order valence-corrected chi connectivity index (χ1v) is 9.59. The van der Waals surface area contributed by atoms with E-state index in [0.717, 1.165) is 43.1 Å². The van der Waals surface area contributed by atoms with Crippen molar-refractivity contribution >= 4 is 5.91 Å². The second kappa shape index (κ2) is 7.38. The number of halogens is 2. The Morgan fingerprint density at radius 2 is 2.07 bits per heavy atom. The summed E-state index contributed by atoms with van der Waals surface area (Å²) in [6, 6.07) is 3.87. The van der Waals surface area contributed by atoms with Crippen molar-refractivity contribution in [2.24, 2.45) is 0 Å². The maximum absolute atomic E-state index is 13.6. The summed E-state index contributed by atoms with van der Waals surface area (Å²) >= 11 is 0. The quantitative estimate of drug-likeness (QED) is 0.864. The van der Waals surface area contributed by atoms with Crippen LogP contribution in [0.3, 0.4) is 0 Å². The van der Waals surface area contributed by atoms with Gasteiger partial charge >= 0.3 is 0 Å². The van der Waals surface area contributed by atoms with Gasteiger partial charge < -0.3 is 5.32 Å². The van der Waals surface area contributed by atoms with Crippen molar-refractivity contribution in [3.8, 4) is 11.3 Å². The van der Waals surface area contributed by atoms with E-state index in [4.69, 9.17) is 0 Å². The summed E-state index contributed by atoms with van der Waals surface area (Å²) in [4.78, 5) is 14.7. The van der Waals surface area contributed by atoms with Gasteiger partial charge in [-0.3, -0.25) is 14.8 Å². The molecule has 0 spiro atoms. The number of aromatic amines is 1. The van der Waals surface area contributed by atoms with E-state index in [1.54, 1.807) is 0 Å². The Kier molecular flexibility index (Phi) is 4.95. The third-order valence-electron chi connectivity index (χ3n) is 5.78. The number of hydrogen-bond acceptors (Lipinski definition) is 3. The molecule has 2 aromatic rings. The highest BCUT2D eigenvalue weighted by Crippen LogP contribution is 2.30. The minimum absolute atomic E-state index is 0.0585. The predicted octanol–water partition coefficient (Wildman–Crippen LogP) is 3.16. The molecule has 1 atom stereocenters. The highest BCUT2D eigenvalue weighted by atomic mass is 19.2. The van der Waals surface area contributed by atoms with Crippen LogP contribution in [0.25, 0.3) is 11.3 Å². The lowest BCUT2D eigenvalue weighted by molar-refractivity contribution is -0.126. The van der Waals surface area contributed by atoms with Gasteiger partial charge in [-0.15, -0.1) is 0 Å². The van der Waals surface area contributed by atoms with Crippen LogP contribution in [0.2, 0.25) is 0 Å². The van der Waals surface area contributed by atoms with Crippen LogP contribution in [0.15, 0.2) is 18.2 Å². The fraction of sp³-hybridized carbons (Fsp3) is 0.500. The molecule has 1 amide bonds. The maximum atomic E-state index is 13.6. The monoisotopic (exact) mass is 374 g/mol. The Hall–Kier alpha value is -2.28. The van der Waals surface area contributed by atoms with Gasteiger partial charge in [0.2, 0.25) is 5.91 Å². The second-order valence-electron chi connectivity index (χ2n) is 7.54. The molecular weight excluding hydrogens is 350 g/mol. The molecule has 144 valence electrons. The zero-order chi connectivity index (χ0) is 19.0. The zero-order valence-electron chi connectivity index (χ0n) is 15.4. The molecule has 2 aliphatic rings. The average molecular weight is 374 g/mol. The third kappa shape index (κ3) is 3.60. The van der Waals surface area contributed by atoms with Crippen molar-refractivity contribution in [1.82, 2.24) is 20.4 Å². The third-order valence-corrected chi connectivity index (χ3v) is 5.78. The number of nitrogens with zero attached hydrogens (tertiary/aromatic N) is 2. The van der Waals surface area contributed by atoms with E-state index in [0.29, 0.717) is 23.8 Å². The number of aromatic nitrogens is 2. The van der Waals surface area contributed by atoms with Crippen LogP contribution in [-0.2, 0) is 17.8 Å². The SMILES string of the molecule is C[C@@H](C(=O)NC1CCCC1)N1CCc2[nH]nc(-c3ccc(F)c(F)c3)c2C1. The summed E-state index contributed by atoms with van der Waals surface area (Å²) in [5.74, 6) is -1.70. The summed E-state index contributed by atoms with van der Waals surface area (Å²) in [6.07, 6.45) is 5.22. The summed E-state index contributed by atoms with van der Waals surface area (Å²) in [6.45, 7) is 3.23. The average Bonchev–Trinajstić information content (AvgIpc) is 3.32. The van der Waals surface area contributed by atoms with Gasteiger partial charge in [-0.2, -0.15) is 5.10 Å². The van der Waals surface area contributed by atoms with Crippen LogP contribution in [-0.4, -0.2) is 39.6 Å². The molecule has 1 saturated carbocycles. The van der Waals surface area contributed by atoms with Gasteiger partial charge in [0, 0.05) is 42.4 Å². The number of rotatable bonds is 4. The highest BCUT2D eigenvalue weighted by Gasteiger charge is 2.30. The largest absolute Gasteiger partial charge is 0.352 e. The van der Waals surface area contributed by atoms with Crippen LogP contribution in [0, 0.1) is 11.6 Å². The van der Waals surface area contributed by atoms with E-state index >= 15 is 0 Å². The van der Waals surface area contributed by atoms with Crippen molar-refractivity contribution in [3.05, 3.63) is 41.1 Å². The molecule has 2 heterocycles. The van der Waals surface area contributed by atoms with E-state index in [9.17, 15) is 13.6 Å². The van der Waals surface area contributed by atoms with Crippen LogP contribution in [0.1, 0.15) is 43.9 Å². The molecule has 1 fully saturated rings. The maximum Gasteiger partial charge on any atom is 0.237 e. The highest BCUT2D eigenvalue weighted by molar-refractivity contribution is 5.81. The van der Waals surface area contributed by atoms with Gasteiger partial charge in [-0.1, -0.05) is 12.8 Å². The first-order valence-electron chi connectivity index (χ1n) is 9.59. The number of fused-ring (bicyclic) bond motifs is 1. The van der Waals surface area contributed by atoms with Crippen molar-refractivity contribution in [1.29, 1.82) is 0 Å². The number of nitrogens with one attached hydrogen (secondary N) is 2. The summed E-state index contributed by atoms with van der Waals surface area (Å²) in [7, 11) is 0. The summed E-state index contributed by atoms with van der Waals surface area (Å²) < 4.78 is 26.9. The number of amides is 1. The van der Waals surface area contributed by atoms with Crippen molar-refractivity contribution in [2.75, 3.05) is 6.54 Å². The molecule has 5 nitrogen and oxygen atoms in total. The van der Waals surface area contributed by atoms with Gasteiger partial charge in [0.1, 0.15) is 0 Å². The first-order chi connectivity index (χ1) is 13.0. The Morgan fingerprint density at radius 1 is 1.30 bits per heavy atom. The molecule has 0 bridgehead atoms. The second-order valence-corrected chi connectivity index (χ2v) is 7.54. The Balaban J connectivity index is 1.51. The van der Waals surface area contributed by atoms with Gasteiger partial charge in [0.15, 0.2) is 11.6 Å². The molecule has 0 saturated heterocycles. The van der Waals surface area contributed by atoms with E-state index in [1.807, 2.05) is 6.92 Å². The molecule has 2 N–H and O–H groups in total. The van der Waals surface area contributed by atoms with E-state index in [2.05, 4.69) is 20.4 Å². The minimum atomic E-state index is -0.888. The van der Waals surface area contributed by atoms with Crippen LogP contribution in [0.5, 0.6) is 0 Å². The molecule has 0 radical (unpaired) electrons. The smallest absolute Gasteiger partial charge is 0.237 e. The topological polar surface area (TPSA) is 61.0 Å². The van der Waals surface area contributed by atoms with Crippen molar-refractivity contribution in [3.63, 3.8) is 0 Å². The Bertz CT molecular complexity index is 845. The van der Waals surface area contributed by atoms with Gasteiger partial charge in [0.25, 0.3) is 0 Å². The molecule has 0 unspecified atom stereocenters. The van der Waals surface area contributed by atoms with Crippen LogP contribution < -0.4 is 5.32 Å². The lowest BCUT2D eigenvalue weighted by atomic mass is 9.99. The van der Waals surface area contributed by atoms with Crippen molar-refractivity contribution in [2.45, 2.75) is 57.7 Å². The Morgan fingerprint density at radius 3 is 2.81 bits per heavy atom. The predicted molar refractivity (Wildman–Crippen MR) is 97.9 cm³/mol. The van der Waals surface area contributed by atoms with Gasteiger partial charge in [-0.25, -0.2) is 8.78 Å². The van der Waals surface area contributed by atoms with Gasteiger partial charge in [0.05, 0.1) is 11.7 Å². The molecule has 1 aliphatic carbocycles. The molecule has 4 rings (SSSR count). The number of hydrogen-bond donors (Lipinski definition) is 2. The fourth-order valence-electron chi connectivity index (χ4n) is 4.09. The normalized spacial score (nSPS) is 19.1. The minimum Gasteiger partial charge on any atom is -0.352 e. The van der Waals surface area contributed by atoms with Crippen LogP contribution in [0.4, 0.5) is 8.78 Å². The zero-order valence-corrected chi connectivity index (χ0v) is 15.4. The van der Waals surface area contributed by atoms with E-state index in [-0.39, 0.29) is 11.9 Å². The first kappa shape index (κ1) is 18.1. The Labute approximate surface area is 157 Å². The lowest BCUT2D eigenvalue weighted by Gasteiger charge is -2.32. The number of carbonyl (C=O) groups is 1.